The summed E-state index contributed by atoms with van der Waals surface area (Å²) < 4.78 is 0. The fourth-order valence-corrected chi connectivity index (χ4v) is 2.83. The van der Waals surface area contributed by atoms with Gasteiger partial charge in [-0.25, -0.2) is 0 Å². The van der Waals surface area contributed by atoms with E-state index in [1.54, 1.807) is 0 Å². The van der Waals surface area contributed by atoms with Crippen molar-refractivity contribution in [2.45, 2.75) is 25.6 Å². The third-order valence-corrected chi connectivity index (χ3v) is 3.48. The van der Waals surface area contributed by atoms with Crippen LogP contribution < -0.4 is 5.32 Å². The monoisotopic (exact) mass is 188 g/mol. The second-order valence-corrected chi connectivity index (χ2v) is 4.36. The molecule has 0 spiro atoms. The SMILES string of the molecule is C[C@H]1NCCN2Cc3ccccc3[C@H]12. The maximum atomic E-state index is 3.55. The Hall–Kier alpha value is -0.860. The van der Waals surface area contributed by atoms with Gasteiger partial charge in [0.05, 0.1) is 6.04 Å². The molecule has 0 radical (unpaired) electrons. The van der Waals surface area contributed by atoms with E-state index in [4.69, 9.17) is 0 Å². The van der Waals surface area contributed by atoms with Gasteiger partial charge in [0.2, 0.25) is 0 Å². The zero-order valence-electron chi connectivity index (χ0n) is 8.53. The summed E-state index contributed by atoms with van der Waals surface area (Å²) in [5.74, 6) is 0. The fourth-order valence-electron chi connectivity index (χ4n) is 2.83. The second kappa shape index (κ2) is 3.07. The Morgan fingerprint density at radius 2 is 2.21 bits per heavy atom. The van der Waals surface area contributed by atoms with Crippen molar-refractivity contribution in [3.05, 3.63) is 35.4 Å². The first-order valence-corrected chi connectivity index (χ1v) is 5.41. The van der Waals surface area contributed by atoms with Crippen LogP contribution in [0.4, 0.5) is 0 Å². The van der Waals surface area contributed by atoms with Crippen molar-refractivity contribution in [3.63, 3.8) is 0 Å². The summed E-state index contributed by atoms with van der Waals surface area (Å²) >= 11 is 0. The predicted molar refractivity (Wildman–Crippen MR) is 57.1 cm³/mol. The molecule has 0 saturated carbocycles. The number of fused-ring (bicyclic) bond motifs is 3. The van der Waals surface area contributed by atoms with E-state index in [2.05, 4.69) is 41.4 Å². The van der Waals surface area contributed by atoms with Crippen LogP contribution in [-0.4, -0.2) is 24.0 Å². The summed E-state index contributed by atoms with van der Waals surface area (Å²) in [5.41, 5.74) is 3.06. The quantitative estimate of drug-likeness (QED) is 0.664. The van der Waals surface area contributed by atoms with Gasteiger partial charge in [-0.05, 0) is 18.1 Å². The van der Waals surface area contributed by atoms with Gasteiger partial charge in [-0.1, -0.05) is 24.3 Å². The molecule has 2 nitrogen and oxygen atoms in total. The van der Waals surface area contributed by atoms with Crippen LogP contribution in [0, 0.1) is 0 Å². The van der Waals surface area contributed by atoms with E-state index in [9.17, 15) is 0 Å². The van der Waals surface area contributed by atoms with Gasteiger partial charge in [0, 0.05) is 25.7 Å². The number of hydrogen-bond acceptors (Lipinski definition) is 2. The van der Waals surface area contributed by atoms with Gasteiger partial charge in [0.15, 0.2) is 0 Å². The van der Waals surface area contributed by atoms with Crippen molar-refractivity contribution in [1.29, 1.82) is 0 Å². The molecule has 74 valence electrons. The molecule has 0 bridgehead atoms. The number of piperazine rings is 1. The number of nitrogens with one attached hydrogen (secondary N) is 1. The third-order valence-electron chi connectivity index (χ3n) is 3.48. The number of hydrogen-bond donors (Lipinski definition) is 1. The summed E-state index contributed by atoms with van der Waals surface area (Å²) in [7, 11) is 0. The van der Waals surface area contributed by atoms with Crippen LogP contribution in [-0.2, 0) is 6.54 Å². The van der Waals surface area contributed by atoms with Crippen molar-refractivity contribution >= 4 is 0 Å². The molecule has 1 aromatic rings. The Labute approximate surface area is 84.9 Å². The van der Waals surface area contributed by atoms with Crippen LogP contribution in [0.25, 0.3) is 0 Å². The topological polar surface area (TPSA) is 15.3 Å². The Bertz CT molecular complexity index is 348. The lowest BCUT2D eigenvalue weighted by molar-refractivity contribution is 0.141. The van der Waals surface area contributed by atoms with Crippen LogP contribution in [0.5, 0.6) is 0 Å². The van der Waals surface area contributed by atoms with Crippen molar-refractivity contribution in [3.8, 4) is 0 Å². The molecule has 0 aliphatic carbocycles. The normalized spacial score (nSPS) is 31.2. The highest BCUT2D eigenvalue weighted by Gasteiger charge is 2.35. The second-order valence-electron chi connectivity index (χ2n) is 4.36. The first-order chi connectivity index (χ1) is 6.86. The molecule has 3 rings (SSSR count). The van der Waals surface area contributed by atoms with Crippen LogP contribution >= 0.6 is 0 Å². The van der Waals surface area contributed by atoms with E-state index in [1.165, 1.54) is 17.7 Å². The van der Waals surface area contributed by atoms with Crippen LogP contribution in [0.1, 0.15) is 24.1 Å². The van der Waals surface area contributed by atoms with Gasteiger partial charge < -0.3 is 5.32 Å². The molecule has 0 aromatic heterocycles. The lowest BCUT2D eigenvalue weighted by Crippen LogP contribution is -2.48. The molecule has 1 saturated heterocycles. The van der Waals surface area contributed by atoms with Gasteiger partial charge in [-0.2, -0.15) is 0 Å². The lowest BCUT2D eigenvalue weighted by Gasteiger charge is -2.36. The Kier molecular flexibility index (Phi) is 1.85. The van der Waals surface area contributed by atoms with Gasteiger partial charge in [-0.3, -0.25) is 4.90 Å². The van der Waals surface area contributed by atoms with Crippen molar-refractivity contribution in [2.24, 2.45) is 0 Å². The zero-order valence-corrected chi connectivity index (χ0v) is 8.53. The maximum Gasteiger partial charge on any atom is 0.0505 e. The van der Waals surface area contributed by atoms with Crippen LogP contribution in [0.15, 0.2) is 24.3 Å². The largest absolute Gasteiger partial charge is 0.311 e. The minimum Gasteiger partial charge on any atom is -0.311 e. The lowest BCUT2D eigenvalue weighted by atomic mass is 9.98. The standard InChI is InChI=1S/C12H16N2/c1-9-12-11-5-3-2-4-10(11)8-14(12)7-6-13-9/h2-5,9,12-13H,6-8H2,1H3/t9-,12+/m1/s1. The van der Waals surface area contributed by atoms with Crippen LogP contribution in [0.2, 0.25) is 0 Å². The van der Waals surface area contributed by atoms with E-state index >= 15 is 0 Å². The third kappa shape index (κ3) is 1.11. The Balaban J connectivity index is 2.03. The molecule has 1 aromatic carbocycles. The first kappa shape index (κ1) is 8.45. The van der Waals surface area contributed by atoms with E-state index in [0.29, 0.717) is 12.1 Å². The van der Waals surface area contributed by atoms with Gasteiger partial charge >= 0.3 is 0 Å². The zero-order chi connectivity index (χ0) is 9.54. The Morgan fingerprint density at radius 1 is 1.36 bits per heavy atom. The summed E-state index contributed by atoms with van der Waals surface area (Å²) in [6.07, 6.45) is 0. The molecule has 0 unspecified atom stereocenters. The van der Waals surface area contributed by atoms with Crippen molar-refractivity contribution in [2.75, 3.05) is 13.1 Å². The highest BCUT2D eigenvalue weighted by atomic mass is 15.2. The molecular formula is C12H16N2. The molecule has 0 amide bonds. The first-order valence-electron chi connectivity index (χ1n) is 5.41. The average molecular weight is 188 g/mol. The van der Waals surface area contributed by atoms with Gasteiger partial charge in [0.25, 0.3) is 0 Å². The molecule has 2 aliphatic rings. The molecular weight excluding hydrogens is 172 g/mol. The highest BCUT2D eigenvalue weighted by Crippen LogP contribution is 2.36. The number of rotatable bonds is 0. The Morgan fingerprint density at radius 3 is 3.14 bits per heavy atom. The van der Waals surface area contributed by atoms with Crippen LogP contribution in [0.3, 0.4) is 0 Å². The minimum atomic E-state index is 0.590. The molecule has 2 heterocycles. The highest BCUT2D eigenvalue weighted by molar-refractivity contribution is 5.35. The fraction of sp³-hybridized carbons (Fsp3) is 0.500. The van der Waals surface area contributed by atoms with E-state index in [1.807, 2.05) is 0 Å². The van der Waals surface area contributed by atoms with E-state index in [0.717, 1.165) is 13.1 Å². The van der Waals surface area contributed by atoms with E-state index < -0.39 is 0 Å². The average Bonchev–Trinajstić information content (AvgIpc) is 2.57. The number of benzene rings is 1. The molecule has 1 fully saturated rings. The molecule has 14 heavy (non-hydrogen) atoms. The number of nitrogens with zero attached hydrogens (tertiary/aromatic N) is 1. The smallest absolute Gasteiger partial charge is 0.0505 e. The van der Waals surface area contributed by atoms with Crippen molar-refractivity contribution in [1.82, 2.24) is 10.2 Å². The summed E-state index contributed by atoms with van der Waals surface area (Å²) in [6.45, 7) is 5.75. The molecule has 2 atom stereocenters. The van der Waals surface area contributed by atoms with Gasteiger partial charge in [0.1, 0.15) is 0 Å². The van der Waals surface area contributed by atoms with Gasteiger partial charge in [-0.15, -0.1) is 0 Å². The summed E-state index contributed by atoms with van der Waals surface area (Å²) in [4.78, 5) is 2.59. The summed E-state index contributed by atoms with van der Waals surface area (Å²) in [6, 6.07) is 10.1. The molecule has 2 aliphatic heterocycles. The minimum absolute atomic E-state index is 0.590. The molecule has 2 heteroatoms. The van der Waals surface area contributed by atoms with E-state index in [-0.39, 0.29) is 0 Å². The molecule has 1 N–H and O–H groups in total. The van der Waals surface area contributed by atoms with Crippen molar-refractivity contribution < 1.29 is 0 Å². The maximum absolute atomic E-state index is 3.55. The summed E-state index contributed by atoms with van der Waals surface area (Å²) in [5, 5.41) is 3.55. The predicted octanol–water partition coefficient (Wildman–Crippen LogP) is 1.53.